The van der Waals surface area contributed by atoms with Crippen molar-refractivity contribution in [1.29, 1.82) is 0 Å². The van der Waals surface area contributed by atoms with Crippen LogP contribution in [0.5, 0.6) is 0 Å². The number of hydrogen-bond acceptors (Lipinski definition) is 6. The first-order valence-corrected chi connectivity index (χ1v) is 13.0. The number of anilines is 1. The molecule has 1 aliphatic carbocycles. The number of nitrogens with one attached hydrogen (secondary N) is 2. The van der Waals surface area contributed by atoms with Crippen LogP contribution in [0.15, 0.2) is 42.6 Å². The first-order valence-electron chi connectivity index (χ1n) is 12.2. The van der Waals surface area contributed by atoms with Crippen LogP contribution in [0.4, 0.5) is 19.0 Å². The van der Waals surface area contributed by atoms with Crippen molar-refractivity contribution in [2.45, 2.75) is 51.4 Å². The minimum absolute atomic E-state index is 0.242. The van der Waals surface area contributed by atoms with E-state index in [4.69, 9.17) is 0 Å². The van der Waals surface area contributed by atoms with E-state index in [1.54, 1.807) is 19.2 Å². The lowest BCUT2D eigenvalue weighted by Gasteiger charge is -2.49. The highest BCUT2D eigenvalue weighted by Gasteiger charge is 2.48. The first kappa shape index (κ1) is 23.4. The highest BCUT2D eigenvalue weighted by atomic mass is 32.1. The Balaban J connectivity index is 1.09. The molecule has 10 heteroatoms. The summed E-state index contributed by atoms with van der Waals surface area (Å²) in [5.74, 6) is 1.38. The molecule has 1 saturated heterocycles. The van der Waals surface area contributed by atoms with E-state index in [9.17, 15) is 13.2 Å². The van der Waals surface area contributed by atoms with Crippen molar-refractivity contribution in [2.75, 3.05) is 18.0 Å². The van der Waals surface area contributed by atoms with Gasteiger partial charge in [-0.15, -0.1) is 11.3 Å². The minimum atomic E-state index is -4.23. The summed E-state index contributed by atoms with van der Waals surface area (Å²) in [4.78, 5) is 12.2. The van der Waals surface area contributed by atoms with Gasteiger partial charge >= 0.3 is 6.18 Å². The van der Waals surface area contributed by atoms with Crippen LogP contribution in [0, 0.1) is 12.3 Å². The molecule has 2 fully saturated rings. The molecule has 0 radical (unpaired) electrons. The van der Waals surface area contributed by atoms with Crippen LogP contribution in [-0.2, 0) is 13.0 Å². The number of nitrogens with zero attached hydrogens (tertiary/aromatic N) is 4. The van der Waals surface area contributed by atoms with Crippen molar-refractivity contribution in [3.8, 4) is 11.3 Å². The average molecular weight is 513 g/mol. The van der Waals surface area contributed by atoms with Crippen molar-refractivity contribution in [1.82, 2.24) is 25.5 Å². The Morgan fingerprint density at radius 3 is 2.83 bits per heavy atom. The Hall–Kier alpha value is -2.98. The van der Waals surface area contributed by atoms with Gasteiger partial charge in [0.05, 0.1) is 17.5 Å². The number of H-pyrrole nitrogens is 1. The average Bonchev–Trinajstić information content (AvgIpc) is 3.55. The van der Waals surface area contributed by atoms with E-state index in [0.717, 1.165) is 72.7 Å². The molecule has 2 aliphatic rings. The van der Waals surface area contributed by atoms with Gasteiger partial charge in [0.15, 0.2) is 0 Å². The van der Waals surface area contributed by atoms with Gasteiger partial charge in [0.25, 0.3) is 0 Å². The summed E-state index contributed by atoms with van der Waals surface area (Å²) in [6.07, 6.45) is -0.0230. The van der Waals surface area contributed by atoms with E-state index in [0.29, 0.717) is 16.7 Å². The third-order valence-corrected chi connectivity index (χ3v) is 8.33. The zero-order valence-corrected chi connectivity index (χ0v) is 20.7. The molecule has 188 valence electrons. The lowest BCUT2D eigenvalue weighted by Crippen LogP contribution is -2.56. The SMILES string of the molecule is Cc1nc(N2CC3(CC[C@H](NCc4cccc(-c5ccn[nH]5)c4)C3)C2)c2cc(CC(F)(F)F)sc2n1. The summed E-state index contributed by atoms with van der Waals surface area (Å²) in [6.45, 7) is 4.39. The normalized spacial score (nSPS) is 19.3. The van der Waals surface area contributed by atoms with Crippen molar-refractivity contribution < 1.29 is 13.2 Å². The van der Waals surface area contributed by atoms with Gasteiger partial charge in [-0.05, 0) is 55.5 Å². The molecule has 0 unspecified atom stereocenters. The van der Waals surface area contributed by atoms with Crippen LogP contribution in [0.1, 0.15) is 35.5 Å². The number of aromatic nitrogens is 4. The molecule has 2 N–H and O–H groups in total. The van der Waals surface area contributed by atoms with E-state index in [1.807, 2.05) is 6.07 Å². The summed E-state index contributed by atoms with van der Waals surface area (Å²) in [7, 11) is 0. The van der Waals surface area contributed by atoms with Gasteiger partial charge in [-0.3, -0.25) is 5.10 Å². The van der Waals surface area contributed by atoms with Gasteiger partial charge in [0.2, 0.25) is 0 Å². The van der Waals surface area contributed by atoms with Crippen molar-refractivity contribution in [2.24, 2.45) is 5.41 Å². The number of fused-ring (bicyclic) bond motifs is 1. The smallest absolute Gasteiger partial charge is 0.355 e. The van der Waals surface area contributed by atoms with Crippen LogP contribution < -0.4 is 10.2 Å². The third kappa shape index (κ3) is 4.71. The Labute approximate surface area is 211 Å². The molecular formula is C26H27F3N6S. The standard InChI is InChI=1S/C26H27F3N6S/c1-16-32-23(21-10-20(12-26(27,28)29)36-24(21)33-16)35-14-25(15-35)7-5-19(11-25)30-13-17-3-2-4-18(9-17)22-6-8-31-34-22/h2-4,6,8-10,19,30H,5,7,11-15H2,1H3,(H,31,34)/t19-/m0/s1. The number of aryl methyl sites for hydroxylation is 1. The second kappa shape index (κ2) is 8.85. The van der Waals surface area contributed by atoms with E-state index >= 15 is 0 Å². The number of thiophene rings is 1. The highest BCUT2D eigenvalue weighted by Crippen LogP contribution is 2.48. The Morgan fingerprint density at radius 2 is 2.06 bits per heavy atom. The Kier molecular flexibility index (Phi) is 5.75. The molecule has 3 aromatic heterocycles. The summed E-state index contributed by atoms with van der Waals surface area (Å²) in [6, 6.07) is 12.5. The predicted octanol–water partition coefficient (Wildman–Crippen LogP) is 5.64. The van der Waals surface area contributed by atoms with Crippen LogP contribution in [-0.4, -0.2) is 45.5 Å². The van der Waals surface area contributed by atoms with Crippen LogP contribution >= 0.6 is 11.3 Å². The maximum atomic E-state index is 12.9. The van der Waals surface area contributed by atoms with Gasteiger partial charge in [-0.1, -0.05) is 18.2 Å². The second-order valence-electron chi connectivity index (χ2n) is 10.2. The molecule has 1 saturated carbocycles. The molecular weight excluding hydrogens is 485 g/mol. The molecule has 6 rings (SSSR count). The fourth-order valence-electron chi connectivity index (χ4n) is 5.70. The summed E-state index contributed by atoms with van der Waals surface area (Å²) in [5, 5.41) is 11.5. The number of benzene rings is 1. The minimum Gasteiger partial charge on any atom is -0.355 e. The zero-order valence-electron chi connectivity index (χ0n) is 19.9. The maximum absolute atomic E-state index is 12.9. The zero-order chi connectivity index (χ0) is 24.9. The fraction of sp³-hybridized carbons (Fsp3) is 0.423. The maximum Gasteiger partial charge on any atom is 0.393 e. The molecule has 4 heterocycles. The molecule has 0 amide bonds. The molecule has 1 aromatic carbocycles. The van der Waals surface area contributed by atoms with Gasteiger partial charge in [0, 0.05) is 42.2 Å². The Bertz CT molecular complexity index is 1370. The lowest BCUT2D eigenvalue weighted by atomic mass is 9.78. The van der Waals surface area contributed by atoms with Crippen LogP contribution in [0.25, 0.3) is 21.5 Å². The van der Waals surface area contributed by atoms with E-state index < -0.39 is 12.6 Å². The predicted molar refractivity (Wildman–Crippen MR) is 135 cm³/mol. The van der Waals surface area contributed by atoms with Crippen molar-refractivity contribution in [3.63, 3.8) is 0 Å². The lowest BCUT2D eigenvalue weighted by molar-refractivity contribution is -0.126. The van der Waals surface area contributed by atoms with Gasteiger partial charge in [0.1, 0.15) is 16.5 Å². The number of halogens is 3. The molecule has 1 atom stereocenters. The fourth-order valence-corrected chi connectivity index (χ4v) is 6.79. The molecule has 1 aliphatic heterocycles. The molecule has 36 heavy (non-hydrogen) atoms. The quantitative estimate of drug-likeness (QED) is 0.350. The Morgan fingerprint density at radius 1 is 1.19 bits per heavy atom. The monoisotopic (exact) mass is 512 g/mol. The first-order chi connectivity index (χ1) is 17.3. The van der Waals surface area contributed by atoms with Crippen LogP contribution in [0.2, 0.25) is 0 Å². The number of hydrogen-bond donors (Lipinski definition) is 2. The van der Waals surface area contributed by atoms with Crippen molar-refractivity contribution in [3.05, 3.63) is 58.9 Å². The largest absolute Gasteiger partial charge is 0.393 e. The van der Waals surface area contributed by atoms with E-state index in [1.165, 1.54) is 5.56 Å². The molecule has 0 bridgehead atoms. The number of aromatic amines is 1. The second-order valence-corrected chi connectivity index (χ2v) is 11.3. The summed E-state index contributed by atoms with van der Waals surface area (Å²) in [5.41, 5.74) is 3.62. The molecule has 6 nitrogen and oxygen atoms in total. The number of rotatable bonds is 6. The van der Waals surface area contributed by atoms with Crippen molar-refractivity contribution >= 4 is 27.4 Å². The van der Waals surface area contributed by atoms with E-state index in [2.05, 4.69) is 54.6 Å². The summed E-state index contributed by atoms with van der Waals surface area (Å²) < 4.78 is 38.8. The van der Waals surface area contributed by atoms with Crippen LogP contribution in [0.3, 0.4) is 0 Å². The highest BCUT2D eigenvalue weighted by molar-refractivity contribution is 7.18. The van der Waals surface area contributed by atoms with Gasteiger partial charge < -0.3 is 10.2 Å². The summed E-state index contributed by atoms with van der Waals surface area (Å²) >= 11 is 1.12. The van der Waals surface area contributed by atoms with Gasteiger partial charge in [-0.25, -0.2) is 9.97 Å². The molecule has 1 spiro atoms. The van der Waals surface area contributed by atoms with E-state index in [-0.39, 0.29) is 10.3 Å². The van der Waals surface area contributed by atoms with Gasteiger partial charge in [-0.2, -0.15) is 18.3 Å². The third-order valence-electron chi connectivity index (χ3n) is 7.30. The molecule has 4 aromatic rings. The number of alkyl halides is 3. The topological polar surface area (TPSA) is 69.7 Å².